The second kappa shape index (κ2) is 11.4. The molecule has 190 valence electrons. The van der Waals surface area contributed by atoms with E-state index in [0.717, 1.165) is 38.5 Å². The maximum atomic E-state index is 13.1. The smallest absolute Gasteiger partial charge is 0.227 e. The van der Waals surface area contributed by atoms with Gasteiger partial charge < -0.3 is 15.1 Å². The van der Waals surface area contributed by atoms with E-state index in [4.69, 9.17) is 0 Å². The standard InChI is InChI=1S/C28H45N3O3/c1-20(2)21-9-11-22(12-10-21)26(34)29-23-13-24(30(18-32)16-27(3,4)5)15-25(14-23)31(19-33)17-28(6,7)8/h13-15,18-22H,9-12,16-17H2,1-8H3,(H,29,34)/t21-,22-. The van der Waals surface area contributed by atoms with Crippen molar-refractivity contribution < 1.29 is 14.4 Å². The van der Waals surface area contributed by atoms with Crippen molar-refractivity contribution in [3.05, 3.63) is 18.2 Å². The van der Waals surface area contributed by atoms with Gasteiger partial charge in [-0.25, -0.2) is 0 Å². The van der Waals surface area contributed by atoms with Crippen LogP contribution in [0.15, 0.2) is 18.2 Å². The molecular weight excluding hydrogens is 426 g/mol. The molecule has 34 heavy (non-hydrogen) atoms. The second-order valence-electron chi connectivity index (χ2n) is 12.7. The van der Waals surface area contributed by atoms with Crippen molar-refractivity contribution in [1.29, 1.82) is 0 Å². The van der Waals surface area contributed by atoms with Crippen molar-refractivity contribution in [2.24, 2.45) is 28.6 Å². The largest absolute Gasteiger partial charge is 0.326 e. The van der Waals surface area contributed by atoms with Crippen molar-refractivity contribution in [1.82, 2.24) is 0 Å². The lowest BCUT2D eigenvalue weighted by molar-refractivity contribution is -0.121. The quantitative estimate of drug-likeness (QED) is 0.442. The van der Waals surface area contributed by atoms with Gasteiger partial charge in [-0.1, -0.05) is 55.4 Å². The molecule has 6 heteroatoms. The van der Waals surface area contributed by atoms with Gasteiger partial charge in [-0.3, -0.25) is 14.4 Å². The van der Waals surface area contributed by atoms with Gasteiger partial charge >= 0.3 is 0 Å². The summed E-state index contributed by atoms with van der Waals surface area (Å²) < 4.78 is 0. The second-order valence-corrected chi connectivity index (χ2v) is 12.7. The van der Waals surface area contributed by atoms with Gasteiger partial charge in [0.25, 0.3) is 0 Å². The number of anilines is 3. The van der Waals surface area contributed by atoms with Gasteiger partial charge in [0, 0.05) is 36.1 Å². The van der Waals surface area contributed by atoms with Crippen molar-refractivity contribution in [2.45, 2.75) is 81.1 Å². The first-order valence-electron chi connectivity index (χ1n) is 12.6. The molecule has 1 aliphatic carbocycles. The molecule has 0 heterocycles. The van der Waals surface area contributed by atoms with Crippen LogP contribution < -0.4 is 15.1 Å². The molecule has 2 rings (SSSR count). The van der Waals surface area contributed by atoms with Gasteiger partial charge in [-0.15, -0.1) is 0 Å². The van der Waals surface area contributed by atoms with E-state index < -0.39 is 0 Å². The van der Waals surface area contributed by atoms with Crippen LogP contribution in [0.4, 0.5) is 17.1 Å². The Labute approximate surface area is 206 Å². The Hall–Kier alpha value is -2.37. The predicted molar refractivity (Wildman–Crippen MR) is 141 cm³/mol. The van der Waals surface area contributed by atoms with Crippen LogP contribution in [0.2, 0.25) is 0 Å². The minimum Gasteiger partial charge on any atom is -0.326 e. The van der Waals surface area contributed by atoms with Crippen molar-refractivity contribution in [3.8, 4) is 0 Å². The molecule has 0 aromatic heterocycles. The molecule has 0 saturated heterocycles. The van der Waals surface area contributed by atoms with E-state index in [2.05, 4.69) is 60.7 Å². The molecule has 1 N–H and O–H groups in total. The molecule has 0 spiro atoms. The van der Waals surface area contributed by atoms with Crippen LogP contribution >= 0.6 is 0 Å². The predicted octanol–water partition coefficient (Wildman–Crippen LogP) is 6.11. The zero-order valence-electron chi connectivity index (χ0n) is 22.5. The van der Waals surface area contributed by atoms with Crippen LogP contribution in [0, 0.1) is 28.6 Å². The fourth-order valence-corrected chi connectivity index (χ4v) is 4.69. The first-order valence-corrected chi connectivity index (χ1v) is 12.6. The number of hydrogen-bond donors (Lipinski definition) is 1. The summed E-state index contributed by atoms with van der Waals surface area (Å²) in [6.07, 6.45) is 5.59. The lowest BCUT2D eigenvalue weighted by Crippen LogP contribution is -2.33. The zero-order valence-corrected chi connectivity index (χ0v) is 22.5. The summed E-state index contributed by atoms with van der Waals surface area (Å²) in [5.41, 5.74) is 1.74. The van der Waals surface area contributed by atoms with Gasteiger partial charge in [0.05, 0.1) is 0 Å². The molecule has 1 aromatic carbocycles. The van der Waals surface area contributed by atoms with Gasteiger partial charge in [0.1, 0.15) is 0 Å². The summed E-state index contributed by atoms with van der Waals surface area (Å²) in [7, 11) is 0. The Morgan fingerprint density at radius 3 is 1.68 bits per heavy atom. The molecule has 0 aliphatic heterocycles. The lowest BCUT2D eigenvalue weighted by atomic mass is 9.76. The highest BCUT2D eigenvalue weighted by molar-refractivity contribution is 5.95. The first-order chi connectivity index (χ1) is 15.7. The number of nitrogens with zero attached hydrogens (tertiary/aromatic N) is 2. The van der Waals surface area contributed by atoms with Crippen LogP contribution in [0.3, 0.4) is 0 Å². The van der Waals surface area contributed by atoms with E-state index in [1.165, 1.54) is 0 Å². The Morgan fingerprint density at radius 2 is 1.32 bits per heavy atom. The van der Waals surface area contributed by atoms with Gasteiger partial charge in [0.15, 0.2) is 0 Å². The number of carbonyl (C=O) groups is 3. The van der Waals surface area contributed by atoms with Gasteiger partial charge in [-0.05, 0) is 66.5 Å². The average Bonchev–Trinajstić information content (AvgIpc) is 2.74. The Bertz CT molecular complexity index is 797. The van der Waals surface area contributed by atoms with Crippen LogP contribution in [0.5, 0.6) is 0 Å². The van der Waals surface area contributed by atoms with E-state index in [0.29, 0.717) is 42.0 Å². The van der Waals surface area contributed by atoms with Crippen molar-refractivity contribution in [3.63, 3.8) is 0 Å². The summed E-state index contributed by atoms with van der Waals surface area (Å²) in [4.78, 5) is 40.4. The highest BCUT2D eigenvalue weighted by Gasteiger charge is 2.28. The van der Waals surface area contributed by atoms with Crippen molar-refractivity contribution >= 4 is 35.8 Å². The maximum Gasteiger partial charge on any atom is 0.227 e. The molecule has 1 aliphatic rings. The first kappa shape index (κ1) is 27.9. The molecule has 0 unspecified atom stereocenters. The molecule has 1 aromatic rings. The third kappa shape index (κ3) is 8.44. The topological polar surface area (TPSA) is 69.7 Å². The fourth-order valence-electron chi connectivity index (χ4n) is 4.69. The van der Waals surface area contributed by atoms with E-state index in [1.54, 1.807) is 9.80 Å². The summed E-state index contributed by atoms with van der Waals surface area (Å²) in [5, 5.41) is 3.10. The average molecular weight is 472 g/mol. The number of nitrogens with one attached hydrogen (secondary N) is 1. The molecule has 3 amide bonds. The van der Waals surface area contributed by atoms with E-state index in [9.17, 15) is 14.4 Å². The Balaban J connectivity index is 2.35. The Kier molecular flexibility index (Phi) is 9.32. The normalized spacial score (nSPS) is 19.0. The molecule has 1 fully saturated rings. The van der Waals surface area contributed by atoms with Crippen LogP contribution in [-0.2, 0) is 14.4 Å². The molecule has 1 saturated carbocycles. The zero-order chi connectivity index (χ0) is 25.7. The summed E-state index contributed by atoms with van der Waals surface area (Å²) in [5.74, 6) is 1.36. The van der Waals surface area contributed by atoms with Crippen molar-refractivity contribution in [2.75, 3.05) is 28.2 Å². The monoisotopic (exact) mass is 471 g/mol. The SMILES string of the molecule is CC(C)[C@H]1CC[C@H](C(=O)Nc2cc(N(C=O)CC(C)(C)C)cc(N(C=O)CC(C)(C)C)c2)CC1. The summed E-state index contributed by atoms with van der Waals surface area (Å²) in [6.45, 7) is 18.0. The van der Waals surface area contributed by atoms with E-state index in [1.807, 2.05) is 18.2 Å². The van der Waals surface area contributed by atoms with Gasteiger partial charge in [-0.2, -0.15) is 0 Å². The molecular formula is C28H45N3O3. The van der Waals surface area contributed by atoms with Crippen LogP contribution in [-0.4, -0.2) is 31.8 Å². The molecule has 6 nitrogen and oxygen atoms in total. The highest BCUT2D eigenvalue weighted by atomic mass is 16.2. The highest BCUT2D eigenvalue weighted by Crippen LogP contribution is 2.35. The van der Waals surface area contributed by atoms with Crippen LogP contribution in [0.25, 0.3) is 0 Å². The number of benzene rings is 1. The van der Waals surface area contributed by atoms with E-state index >= 15 is 0 Å². The minimum atomic E-state index is -0.106. The fraction of sp³-hybridized carbons (Fsp3) is 0.679. The molecule has 0 bridgehead atoms. The minimum absolute atomic E-state index is 0.00407. The third-order valence-corrected chi connectivity index (χ3v) is 6.46. The molecule has 0 radical (unpaired) electrons. The Morgan fingerprint density at radius 1 is 0.882 bits per heavy atom. The number of hydrogen-bond acceptors (Lipinski definition) is 3. The molecule has 0 atom stereocenters. The maximum absolute atomic E-state index is 13.1. The summed E-state index contributed by atoms with van der Waals surface area (Å²) in [6, 6.07) is 5.52. The lowest BCUT2D eigenvalue weighted by Gasteiger charge is -2.31. The van der Waals surface area contributed by atoms with Crippen LogP contribution in [0.1, 0.15) is 81.1 Å². The van der Waals surface area contributed by atoms with E-state index in [-0.39, 0.29) is 22.7 Å². The third-order valence-electron chi connectivity index (χ3n) is 6.46. The van der Waals surface area contributed by atoms with Gasteiger partial charge in [0.2, 0.25) is 18.7 Å². The number of amides is 3. The number of carbonyl (C=O) groups excluding carboxylic acids is 3. The number of rotatable bonds is 9. The summed E-state index contributed by atoms with van der Waals surface area (Å²) >= 11 is 0.